The molecule has 0 aromatic rings. The first-order valence-corrected chi connectivity index (χ1v) is 7.61. The molecule has 72 valence electrons. The molecule has 3 heteroatoms. The van der Waals surface area contributed by atoms with Gasteiger partial charge in [-0.25, -0.2) is 0 Å². The van der Waals surface area contributed by atoms with E-state index in [1.807, 2.05) is 5.70 Å². The molecule has 0 N–H and O–H groups in total. The number of hydrogen-bond acceptors (Lipinski definition) is 1. The summed E-state index contributed by atoms with van der Waals surface area (Å²) in [5.74, 6) is 0. The Hall–Kier alpha value is 0.134. The van der Waals surface area contributed by atoms with Crippen molar-refractivity contribution in [3.63, 3.8) is 0 Å². The molecule has 0 saturated heterocycles. The van der Waals surface area contributed by atoms with Crippen LogP contribution in [0.25, 0.3) is 0 Å². The summed E-state index contributed by atoms with van der Waals surface area (Å²) in [6, 6.07) is 0. The van der Waals surface area contributed by atoms with Gasteiger partial charge in [-0.1, -0.05) is 28.0 Å². The van der Waals surface area contributed by atoms with Gasteiger partial charge in [-0.2, -0.15) is 0 Å². The van der Waals surface area contributed by atoms with Crippen molar-refractivity contribution in [1.82, 2.24) is 0 Å². The fraction of sp³-hybridized carbons (Fsp3) is 0.750. The SMILES string of the molecule is C.C.C.C=C[SiH2]O[Si](C)(C)C. The Labute approximate surface area is 76.9 Å². The lowest BCUT2D eigenvalue weighted by atomic mass is 11.3. The first-order chi connectivity index (χ1) is 3.56. The van der Waals surface area contributed by atoms with Crippen LogP contribution in [0.4, 0.5) is 0 Å². The van der Waals surface area contributed by atoms with Crippen LogP contribution in [0.5, 0.6) is 0 Å². The third-order valence-corrected chi connectivity index (χ3v) is 5.00. The molecule has 0 aromatic heterocycles. The van der Waals surface area contributed by atoms with Crippen LogP contribution in [-0.2, 0) is 4.12 Å². The van der Waals surface area contributed by atoms with Gasteiger partial charge in [0.05, 0.1) is 0 Å². The van der Waals surface area contributed by atoms with Gasteiger partial charge in [-0.15, -0.1) is 6.58 Å². The molecule has 0 amide bonds. The third-order valence-electron chi connectivity index (χ3n) is 0.634. The molecule has 0 heterocycles. The number of rotatable bonds is 3. The average molecular weight is 194 g/mol. The molecule has 0 fully saturated rings. The van der Waals surface area contributed by atoms with E-state index in [-0.39, 0.29) is 32.0 Å². The molecule has 0 unspecified atom stereocenters. The van der Waals surface area contributed by atoms with Crippen LogP contribution < -0.4 is 0 Å². The summed E-state index contributed by atoms with van der Waals surface area (Å²) >= 11 is 0. The maximum atomic E-state index is 5.54. The Balaban J connectivity index is -0.0000000817. The molecule has 0 saturated carbocycles. The van der Waals surface area contributed by atoms with Crippen molar-refractivity contribution in [3.8, 4) is 0 Å². The van der Waals surface area contributed by atoms with E-state index in [4.69, 9.17) is 4.12 Å². The van der Waals surface area contributed by atoms with Gasteiger partial charge in [0, 0.05) is 0 Å². The summed E-state index contributed by atoms with van der Waals surface area (Å²) in [5.41, 5.74) is 1.93. The minimum atomic E-state index is -1.19. The lowest BCUT2D eigenvalue weighted by molar-refractivity contribution is 0.607. The van der Waals surface area contributed by atoms with E-state index >= 15 is 0 Å². The van der Waals surface area contributed by atoms with Crippen LogP contribution in [0.2, 0.25) is 19.6 Å². The Morgan fingerprint density at radius 3 is 1.64 bits per heavy atom. The highest BCUT2D eigenvalue weighted by atomic mass is 28.4. The molecular formula is C8H26OSi2. The molecule has 0 aliphatic heterocycles. The smallest absolute Gasteiger partial charge is 0.170 e. The Morgan fingerprint density at radius 1 is 1.18 bits per heavy atom. The first-order valence-electron chi connectivity index (χ1n) is 2.81. The van der Waals surface area contributed by atoms with Crippen LogP contribution in [0.3, 0.4) is 0 Å². The quantitative estimate of drug-likeness (QED) is 0.628. The van der Waals surface area contributed by atoms with Crippen molar-refractivity contribution in [2.45, 2.75) is 41.9 Å². The Bertz CT molecular complexity index is 76.7. The molecule has 0 aromatic carbocycles. The molecule has 0 radical (unpaired) electrons. The summed E-state index contributed by atoms with van der Waals surface area (Å²) in [4.78, 5) is 0. The van der Waals surface area contributed by atoms with Crippen LogP contribution >= 0.6 is 0 Å². The summed E-state index contributed by atoms with van der Waals surface area (Å²) in [6.45, 7) is 10.2. The second-order valence-electron chi connectivity index (χ2n) is 2.71. The fourth-order valence-electron chi connectivity index (χ4n) is 0.309. The third kappa shape index (κ3) is 25.4. The van der Waals surface area contributed by atoms with Gasteiger partial charge in [-0.3, -0.25) is 0 Å². The van der Waals surface area contributed by atoms with Gasteiger partial charge < -0.3 is 4.12 Å². The summed E-state index contributed by atoms with van der Waals surface area (Å²) in [6.07, 6.45) is 0. The predicted molar refractivity (Wildman–Crippen MR) is 63.4 cm³/mol. The standard InChI is InChI=1S/C5H14OSi2.3CH4/c1-5-7-6-8(2,3)4;;;/h5H,1,7H2,2-4H3;3*1H4. The molecule has 11 heavy (non-hydrogen) atoms. The average Bonchev–Trinajstić information content (AvgIpc) is 1.59. The molecule has 0 aliphatic carbocycles. The molecule has 0 rings (SSSR count). The Kier molecular flexibility index (Phi) is 20.7. The molecule has 0 atom stereocenters. The summed E-state index contributed by atoms with van der Waals surface area (Å²) < 4.78 is 5.54. The van der Waals surface area contributed by atoms with Crippen LogP contribution in [-0.4, -0.2) is 18.1 Å². The van der Waals surface area contributed by atoms with Gasteiger partial charge in [-0.05, 0) is 19.6 Å². The van der Waals surface area contributed by atoms with Crippen molar-refractivity contribution in [2.75, 3.05) is 0 Å². The zero-order valence-electron chi connectivity index (χ0n) is 5.90. The highest BCUT2D eigenvalue weighted by Gasteiger charge is 2.11. The van der Waals surface area contributed by atoms with Crippen LogP contribution in [0, 0.1) is 0 Å². The van der Waals surface area contributed by atoms with Gasteiger partial charge in [0.2, 0.25) is 0 Å². The predicted octanol–water partition coefficient (Wildman–Crippen LogP) is 2.97. The maximum Gasteiger partial charge on any atom is 0.170 e. The molecule has 1 nitrogen and oxygen atoms in total. The van der Waals surface area contributed by atoms with Gasteiger partial charge in [0.1, 0.15) is 0 Å². The van der Waals surface area contributed by atoms with E-state index in [1.165, 1.54) is 0 Å². The van der Waals surface area contributed by atoms with E-state index in [0.29, 0.717) is 0 Å². The number of hydrogen-bond donors (Lipinski definition) is 0. The molecule has 0 spiro atoms. The van der Waals surface area contributed by atoms with Crippen molar-refractivity contribution in [2.24, 2.45) is 0 Å². The lowest BCUT2D eigenvalue weighted by Gasteiger charge is -2.15. The zero-order valence-corrected chi connectivity index (χ0v) is 8.31. The second-order valence-corrected chi connectivity index (χ2v) is 9.00. The van der Waals surface area contributed by atoms with Gasteiger partial charge >= 0.3 is 0 Å². The maximum absolute atomic E-state index is 5.54. The second kappa shape index (κ2) is 10.1. The van der Waals surface area contributed by atoms with Crippen LogP contribution in [0.15, 0.2) is 12.3 Å². The minimum absolute atomic E-state index is 0. The lowest BCUT2D eigenvalue weighted by Crippen LogP contribution is -2.26. The summed E-state index contributed by atoms with van der Waals surface area (Å²) in [5, 5.41) is 0. The molecular weight excluding hydrogens is 168 g/mol. The van der Waals surface area contributed by atoms with Crippen molar-refractivity contribution in [1.29, 1.82) is 0 Å². The summed E-state index contributed by atoms with van der Waals surface area (Å²) in [7, 11) is -1.54. The van der Waals surface area contributed by atoms with Crippen LogP contribution in [0.1, 0.15) is 22.3 Å². The molecule has 0 bridgehead atoms. The topological polar surface area (TPSA) is 9.23 Å². The first kappa shape index (κ1) is 22.5. The van der Waals surface area contributed by atoms with E-state index in [1.54, 1.807) is 0 Å². The largest absolute Gasteiger partial charge is 0.457 e. The molecule has 0 aliphatic rings. The monoisotopic (exact) mass is 194 g/mol. The van der Waals surface area contributed by atoms with Crippen molar-refractivity contribution < 1.29 is 4.12 Å². The van der Waals surface area contributed by atoms with E-state index in [9.17, 15) is 0 Å². The fourth-order valence-corrected chi connectivity index (χ4v) is 2.78. The van der Waals surface area contributed by atoms with Gasteiger partial charge in [0.25, 0.3) is 0 Å². The van der Waals surface area contributed by atoms with Gasteiger partial charge in [0.15, 0.2) is 18.1 Å². The normalized spacial score (nSPS) is 9.36. The zero-order chi connectivity index (χ0) is 6.62. The van der Waals surface area contributed by atoms with E-state index in [2.05, 4.69) is 26.2 Å². The van der Waals surface area contributed by atoms with Crippen molar-refractivity contribution in [3.05, 3.63) is 12.3 Å². The highest BCUT2D eigenvalue weighted by Crippen LogP contribution is 1.99. The highest BCUT2D eigenvalue weighted by molar-refractivity contribution is 6.74. The minimum Gasteiger partial charge on any atom is -0.457 e. The van der Waals surface area contributed by atoms with E-state index < -0.39 is 8.32 Å². The van der Waals surface area contributed by atoms with E-state index in [0.717, 1.165) is 0 Å². The van der Waals surface area contributed by atoms with Crippen molar-refractivity contribution >= 4 is 18.1 Å². The Morgan fingerprint density at radius 2 is 1.55 bits per heavy atom.